The van der Waals surface area contributed by atoms with Gasteiger partial charge in [0.25, 0.3) is 0 Å². The third-order valence-electron chi connectivity index (χ3n) is 4.41. The van der Waals surface area contributed by atoms with Gasteiger partial charge < -0.3 is 5.32 Å². The number of rotatable bonds is 6. The van der Waals surface area contributed by atoms with Crippen molar-refractivity contribution in [2.24, 2.45) is 0 Å². The average Bonchev–Trinajstić information content (AvgIpc) is 3.35. The molecule has 3 rings (SSSR count). The standard InChI is InChI=1S/C20H24N2O/c1-15-8-6-7-11-17(15)14-22(2)19(16-9-4-3-5-10-16)20(23)21-18-12-13-18/h3-11,18-19H,12-14H2,1-2H3,(H,21,23)/t19-/m0/s1. The largest absolute Gasteiger partial charge is 0.352 e. The van der Waals surface area contributed by atoms with E-state index in [0.29, 0.717) is 6.04 Å². The van der Waals surface area contributed by atoms with E-state index < -0.39 is 0 Å². The van der Waals surface area contributed by atoms with Crippen LogP contribution in [0, 0.1) is 6.92 Å². The van der Waals surface area contributed by atoms with Crippen LogP contribution < -0.4 is 5.32 Å². The molecular formula is C20H24N2O. The molecule has 0 bridgehead atoms. The molecule has 1 fully saturated rings. The quantitative estimate of drug-likeness (QED) is 0.886. The first-order valence-corrected chi connectivity index (χ1v) is 8.25. The van der Waals surface area contributed by atoms with Crippen LogP contribution >= 0.6 is 0 Å². The molecule has 120 valence electrons. The highest BCUT2D eigenvalue weighted by molar-refractivity contribution is 5.83. The molecule has 0 spiro atoms. The van der Waals surface area contributed by atoms with Crippen molar-refractivity contribution in [3.63, 3.8) is 0 Å². The average molecular weight is 308 g/mol. The highest BCUT2D eigenvalue weighted by atomic mass is 16.2. The number of likely N-dealkylation sites (N-methyl/N-ethyl adjacent to an activating group) is 1. The molecule has 1 N–H and O–H groups in total. The van der Waals surface area contributed by atoms with Crippen LogP contribution in [0.3, 0.4) is 0 Å². The maximum atomic E-state index is 12.8. The first-order chi connectivity index (χ1) is 11.1. The van der Waals surface area contributed by atoms with Crippen molar-refractivity contribution < 1.29 is 4.79 Å². The second-order valence-electron chi connectivity index (χ2n) is 6.44. The van der Waals surface area contributed by atoms with Crippen molar-refractivity contribution in [1.29, 1.82) is 0 Å². The minimum atomic E-state index is -0.253. The summed E-state index contributed by atoms with van der Waals surface area (Å²) >= 11 is 0. The Bertz CT molecular complexity index is 664. The Balaban J connectivity index is 1.81. The van der Waals surface area contributed by atoms with Gasteiger partial charge in [0.15, 0.2) is 0 Å². The van der Waals surface area contributed by atoms with E-state index in [9.17, 15) is 4.79 Å². The first kappa shape index (κ1) is 15.8. The van der Waals surface area contributed by atoms with E-state index in [1.807, 2.05) is 43.4 Å². The van der Waals surface area contributed by atoms with Gasteiger partial charge in [0.2, 0.25) is 5.91 Å². The summed E-state index contributed by atoms with van der Waals surface area (Å²) in [5.74, 6) is 0.106. The highest BCUT2D eigenvalue weighted by Gasteiger charge is 2.30. The zero-order chi connectivity index (χ0) is 16.2. The van der Waals surface area contributed by atoms with Gasteiger partial charge in [-0.1, -0.05) is 54.6 Å². The molecule has 1 aliphatic carbocycles. The molecule has 0 heterocycles. The lowest BCUT2D eigenvalue weighted by molar-refractivity contribution is -0.126. The molecule has 0 radical (unpaired) electrons. The molecule has 0 saturated heterocycles. The smallest absolute Gasteiger partial charge is 0.242 e. The van der Waals surface area contributed by atoms with Crippen LogP contribution in [0.2, 0.25) is 0 Å². The number of benzene rings is 2. The minimum absolute atomic E-state index is 0.106. The van der Waals surface area contributed by atoms with E-state index >= 15 is 0 Å². The fraction of sp³-hybridized carbons (Fsp3) is 0.350. The fourth-order valence-electron chi connectivity index (χ4n) is 2.90. The highest BCUT2D eigenvalue weighted by Crippen LogP contribution is 2.25. The van der Waals surface area contributed by atoms with Crippen LogP contribution in [0.25, 0.3) is 0 Å². The zero-order valence-corrected chi connectivity index (χ0v) is 13.8. The summed E-state index contributed by atoms with van der Waals surface area (Å²) in [6.45, 7) is 2.87. The molecular weight excluding hydrogens is 284 g/mol. The molecule has 2 aromatic carbocycles. The molecule has 1 amide bonds. The second-order valence-corrected chi connectivity index (χ2v) is 6.44. The Morgan fingerprint density at radius 3 is 2.43 bits per heavy atom. The summed E-state index contributed by atoms with van der Waals surface area (Å²) in [5.41, 5.74) is 3.56. The number of nitrogens with one attached hydrogen (secondary N) is 1. The summed E-state index contributed by atoms with van der Waals surface area (Å²) in [7, 11) is 2.02. The fourth-order valence-corrected chi connectivity index (χ4v) is 2.90. The number of hydrogen-bond acceptors (Lipinski definition) is 2. The van der Waals surface area contributed by atoms with Crippen LogP contribution in [-0.2, 0) is 11.3 Å². The van der Waals surface area contributed by atoms with E-state index in [1.54, 1.807) is 0 Å². The summed E-state index contributed by atoms with van der Waals surface area (Å²) in [4.78, 5) is 14.9. The molecule has 23 heavy (non-hydrogen) atoms. The lowest BCUT2D eigenvalue weighted by Crippen LogP contribution is -2.39. The zero-order valence-electron chi connectivity index (χ0n) is 13.8. The summed E-state index contributed by atoms with van der Waals surface area (Å²) in [6, 6.07) is 18.5. The van der Waals surface area contributed by atoms with Gasteiger partial charge in [0.05, 0.1) is 0 Å². The SMILES string of the molecule is Cc1ccccc1CN(C)[C@H](C(=O)NC1CC1)c1ccccc1. The molecule has 1 atom stereocenters. The normalized spacial score (nSPS) is 15.4. The molecule has 1 saturated carbocycles. The second kappa shape index (κ2) is 6.97. The topological polar surface area (TPSA) is 32.3 Å². The summed E-state index contributed by atoms with van der Waals surface area (Å²) < 4.78 is 0. The van der Waals surface area contributed by atoms with Gasteiger partial charge >= 0.3 is 0 Å². The molecule has 3 heteroatoms. The van der Waals surface area contributed by atoms with E-state index in [1.165, 1.54) is 11.1 Å². The molecule has 1 aliphatic rings. The lowest BCUT2D eigenvalue weighted by atomic mass is 10.0. The number of carbonyl (C=O) groups is 1. The Morgan fingerprint density at radius 1 is 1.13 bits per heavy atom. The third-order valence-corrected chi connectivity index (χ3v) is 4.41. The van der Waals surface area contributed by atoms with Crippen molar-refractivity contribution in [2.45, 2.75) is 38.4 Å². The molecule has 0 aromatic heterocycles. The first-order valence-electron chi connectivity index (χ1n) is 8.25. The van der Waals surface area contributed by atoms with Gasteiger partial charge in [-0.25, -0.2) is 0 Å². The maximum absolute atomic E-state index is 12.8. The van der Waals surface area contributed by atoms with Crippen LogP contribution in [0.4, 0.5) is 0 Å². The molecule has 3 nitrogen and oxygen atoms in total. The van der Waals surface area contributed by atoms with Crippen LogP contribution in [0.1, 0.15) is 35.6 Å². The van der Waals surface area contributed by atoms with Crippen LogP contribution in [-0.4, -0.2) is 23.9 Å². The predicted molar refractivity (Wildman–Crippen MR) is 93.0 cm³/mol. The van der Waals surface area contributed by atoms with Gasteiger partial charge in [-0.15, -0.1) is 0 Å². The van der Waals surface area contributed by atoms with Crippen LogP contribution in [0.15, 0.2) is 54.6 Å². The van der Waals surface area contributed by atoms with Gasteiger partial charge in [0.1, 0.15) is 6.04 Å². The van der Waals surface area contributed by atoms with E-state index in [2.05, 4.69) is 35.3 Å². The van der Waals surface area contributed by atoms with Crippen molar-refractivity contribution in [3.8, 4) is 0 Å². The van der Waals surface area contributed by atoms with Gasteiger partial charge in [0, 0.05) is 12.6 Å². The minimum Gasteiger partial charge on any atom is -0.352 e. The third kappa shape index (κ3) is 3.99. The van der Waals surface area contributed by atoms with Crippen molar-refractivity contribution in [3.05, 3.63) is 71.3 Å². The molecule has 2 aromatic rings. The lowest BCUT2D eigenvalue weighted by Gasteiger charge is -2.28. The number of amides is 1. The monoisotopic (exact) mass is 308 g/mol. The Hall–Kier alpha value is -2.13. The van der Waals surface area contributed by atoms with E-state index in [-0.39, 0.29) is 11.9 Å². The van der Waals surface area contributed by atoms with E-state index in [0.717, 1.165) is 24.9 Å². The maximum Gasteiger partial charge on any atom is 0.242 e. The Labute approximate surface area is 138 Å². The summed E-state index contributed by atoms with van der Waals surface area (Å²) in [5, 5.41) is 3.15. The number of aryl methyl sites for hydroxylation is 1. The predicted octanol–water partition coefficient (Wildman–Crippen LogP) is 3.45. The summed E-state index contributed by atoms with van der Waals surface area (Å²) in [6.07, 6.45) is 2.21. The van der Waals surface area contributed by atoms with Gasteiger partial charge in [-0.05, 0) is 43.5 Å². The van der Waals surface area contributed by atoms with E-state index in [4.69, 9.17) is 0 Å². The molecule has 0 aliphatic heterocycles. The molecule has 0 unspecified atom stereocenters. The van der Waals surface area contributed by atoms with Crippen molar-refractivity contribution >= 4 is 5.91 Å². The van der Waals surface area contributed by atoms with Gasteiger partial charge in [-0.3, -0.25) is 9.69 Å². The number of hydrogen-bond donors (Lipinski definition) is 1. The number of carbonyl (C=O) groups excluding carboxylic acids is 1. The van der Waals surface area contributed by atoms with Crippen molar-refractivity contribution in [2.75, 3.05) is 7.05 Å². The Morgan fingerprint density at radius 2 is 1.78 bits per heavy atom. The number of nitrogens with zero attached hydrogens (tertiary/aromatic N) is 1. The Kier molecular flexibility index (Phi) is 4.77. The van der Waals surface area contributed by atoms with Crippen LogP contribution in [0.5, 0.6) is 0 Å². The van der Waals surface area contributed by atoms with Gasteiger partial charge in [-0.2, -0.15) is 0 Å². The van der Waals surface area contributed by atoms with Crippen molar-refractivity contribution in [1.82, 2.24) is 10.2 Å².